The number of rotatable bonds is 8. The molecule has 2 aromatic rings. The van der Waals surface area contributed by atoms with Gasteiger partial charge in [-0.25, -0.2) is 9.59 Å². The zero-order valence-electron chi connectivity index (χ0n) is 19.1. The van der Waals surface area contributed by atoms with Crippen molar-refractivity contribution < 1.29 is 19.1 Å². The zero-order valence-corrected chi connectivity index (χ0v) is 19.1. The molecular formula is C22H26N6O6. The molecule has 0 saturated heterocycles. The highest BCUT2D eigenvalue weighted by Gasteiger charge is 2.36. The number of nitrogen functional groups attached to an aromatic ring is 1. The van der Waals surface area contributed by atoms with Gasteiger partial charge in [-0.05, 0) is 18.1 Å². The van der Waals surface area contributed by atoms with Crippen LogP contribution >= 0.6 is 0 Å². The number of aromatic nitrogens is 2. The lowest BCUT2D eigenvalue weighted by Crippen LogP contribution is -2.43. The van der Waals surface area contributed by atoms with E-state index in [0.717, 1.165) is 9.13 Å². The molecule has 4 N–H and O–H groups in total. The minimum Gasteiger partial charge on any atom is -0.453 e. The summed E-state index contributed by atoms with van der Waals surface area (Å²) in [5.74, 6) is -2.76. The highest BCUT2D eigenvalue weighted by atomic mass is 16.5. The maximum absolute atomic E-state index is 12.8. The molecule has 34 heavy (non-hydrogen) atoms. The Morgan fingerprint density at radius 1 is 1.18 bits per heavy atom. The van der Waals surface area contributed by atoms with E-state index in [2.05, 4.69) is 5.10 Å². The van der Waals surface area contributed by atoms with Crippen LogP contribution in [-0.2, 0) is 27.9 Å². The maximum Gasteiger partial charge on any atom is 0.355 e. The van der Waals surface area contributed by atoms with Gasteiger partial charge in [0.15, 0.2) is 6.61 Å². The summed E-state index contributed by atoms with van der Waals surface area (Å²) in [5, 5.41) is 5.46. The van der Waals surface area contributed by atoms with Crippen molar-refractivity contribution in [1.29, 1.82) is 0 Å². The van der Waals surface area contributed by atoms with Crippen LogP contribution in [0, 0.1) is 5.92 Å². The van der Waals surface area contributed by atoms with Crippen LogP contribution in [0.2, 0.25) is 0 Å². The van der Waals surface area contributed by atoms with Gasteiger partial charge in [0.1, 0.15) is 23.1 Å². The van der Waals surface area contributed by atoms with Crippen LogP contribution < -0.4 is 27.7 Å². The van der Waals surface area contributed by atoms with Gasteiger partial charge in [0, 0.05) is 20.0 Å². The third kappa shape index (κ3) is 4.75. The third-order valence-electron chi connectivity index (χ3n) is 5.24. The largest absolute Gasteiger partial charge is 0.453 e. The van der Waals surface area contributed by atoms with Gasteiger partial charge < -0.3 is 16.2 Å². The summed E-state index contributed by atoms with van der Waals surface area (Å²) in [7, 11) is 1.24. The number of amides is 1. The third-order valence-corrected chi connectivity index (χ3v) is 5.24. The number of para-hydroxylation sites is 1. The van der Waals surface area contributed by atoms with E-state index >= 15 is 0 Å². The molecule has 12 heteroatoms. The molecule has 0 saturated carbocycles. The molecule has 0 radical (unpaired) electrons. The number of anilines is 2. The molecule has 1 atom stereocenters. The van der Waals surface area contributed by atoms with Crippen molar-refractivity contribution in [3.05, 3.63) is 56.7 Å². The van der Waals surface area contributed by atoms with E-state index in [9.17, 15) is 24.0 Å². The monoisotopic (exact) mass is 470 g/mol. The molecule has 0 bridgehead atoms. The Balaban J connectivity index is 1.81. The second kappa shape index (κ2) is 9.73. The molecule has 0 spiro atoms. The molecule has 12 nitrogen and oxygen atoms in total. The quantitative estimate of drug-likeness (QED) is 0.388. The summed E-state index contributed by atoms with van der Waals surface area (Å²) >= 11 is 0. The Bertz CT molecular complexity index is 1280. The molecule has 3 rings (SSSR count). The predicted octanol–water partition coefficient (Wildman–Crippen LogP) is -0.369. The number of nitrogens with two attached hydrogens (primary N) is 2. The molecule has 1 aliphatic heterocycles. The molecular weight excluding hydrogens is 444 g/mol. The highest BCUT2D eigenvalue weighted by Crippen LogP contribution is 2.24. The van der Waals surface area contributed by atoms with Crippen molar-refractivity contribution in [1.82, 2.24) is 9.13 Å². The molecule has 1 unspecified atom stereocenters. The fourth-order valence-corrected chi connectivity index (χ4v) is 3.55. The topological polar surface area (TPSA) is 172 Å². The molecule has 1 aromatic heterocycles. The van der Waals surface area contributed by atoms with Crippen molar-refractivity contribution >= 4 is 34.9 Å². The van der Waals surface area contributed by atoms with Crippen LogP contribution in [0.25, 0.3) is 0 Å². The summed E-state index contributed by atoms with van der Waals surface area (Å²) in [5.41, 5.74) is 9.90. The number of benzene rings is 1. The summed E-state index contributed by atoms with van der Waals surface area (Å²) in [6.07, 6.45) is -0.111. The van der Waals surface area contributed by atoms with Crippen molar-refractivity contribution in [3.63, 3.8) is 0 Å². The average molecular weight is 470 g/mol. The predicted molar refractivity (Wildman–Crippen MR) is 124 cm³/mol. The van der Waals surface area contributed by atoms with Gasteiger partial charge in [0.2, 0.25) is 11.7 Å². The molecule has 1 aliphatic rings. The Labute approximate surface area is 194 Å². The number of ketones is 1. The summed E-state index contributed by atoms with van der Waals surface area (Å²) in [4.78, 5) is 62.1. The molecule has 1 amide bonds. The first-order valence-electron chi connectivity index (χ1n) is 10.5. The number of ether oxygens (including phenoxy) is 1. The Hall–Kier alpha value is -4.22. The highest BCUT2D eigenvalue weighted by molar-refractivity contribution is 6.38. The first-order chi connectivity index (χ1) is 16.0. The smallest absolute Gasteiger partial charge is 0.355 e. The number of hydrazone groups is 1. The number of carbonyl (C=O) groups is 3. The van der Waals surface area contributed by atoms with E-state index in [0.29, 0.717) is 5.69 Å². The number of hydrogen-bond acceptors (Lipinski definition) is 9. The second-order valence-electron chi connectivity index (χ2n) is 8.26. The first-order valence-corrected chi connectivity index (χ1v) is 10.5. The van der Waals surface area contributed by atoms with Crippen LogP contribution in [-0.4, -0.2) is 45.2 Å². The Kier molecular flexibility index (Phi) is 6.99. The maximum atomic E-state index is 12.8. The van der Waals surface area contributed by atoms with Crippen LogP contribution in [0.1, 0.15) is 30.6 Å². The fourth-order valence-electron chi connectivity index (χ4n) is 3.55. The molecule has 180 valence electrons. The molecule has 2 heterocycles. The lowest BCUT2D eigenvalue weighted by molar-refractivity contribution is -0.134. The van der Waals surface area contributed by atoms with Crippen molar-refractivity contribution in [2.45, 2.75) is 32.9 Å². The minimum atomic E-state index is -0.941. The van der Waals surface area contributed by atoms with Crippen molar-refractivity contribution in [3.8, 4) is 0 Å². The Morgan fingerprint density at radius 3 is 2.41 bits per heavy atom. The van der Waals surface area contributed by atoms with E-state index in [1.807, 2.05) is 13.8 Å². The van der Waals surface area contributed by atoms with Gasteiger partial charge in [-0.15, -0.1) is 0 Å². The molecule has 1 aromatic carbocycles. The van der Waals surface area contributed by atoms with Crippen LogP contribution in [0.5, 0.6) is 0 Å². The standard InChI is InChI=1S/C22H26N6O6/c1-12(2)10-27-18(23)17(20(31)26(3)22(27)33)16(29)11-34-21(32)14-9-15(19(24)30)28(25-14)13-7-5-4-6-8-13/h4-8,12,15H,9-11,23H2,1-3H3,(H2,24,30). The number of carbonyl (C=O) groups excluding carboxylic acids is 3. The van der Waals surface area contributed by atoms with E-state index in [1.54, 1.807) is 30.3 Å². The van der Waals surface area contributed by atoms with Crippen molar-refractivity contribution in [2.24, 2.45) is 23.8 Å². The van der Waals surface area contributed by atoms with Gasteiger partial charge in [-0.3, -0.25) is 28.5 Å². The molecule has 0 fully saturated rings. The number of Topliss-reactive ketones (excluding diaryl/α,β-unsaturated/α-hetero) is 1. The fraction of sp³-hybridized carbons (Fsp3) is 0.364. The van der Waals surface area contributed by atoms with Crippen LogP contribution in [0.3, 0.4) is 0 Å². The van der Waals surface area contributed by atoms with Crippen molar-refractivity contribution in [2.75, 3.05) is 17.3 Å². The normalized spacial score (nSPS) is 15.4. The lowest BCUT2D eigenvalue weighted by Gasteiger charge is -2.20. The van der Waals surface area contributed by atoms with Gasteiger partial charge in [-0.2, -0.15) is 5.10 Å². The summed E-state index contributed by atoms with van der Waals surface area (Å²) in [6, 6.07) is 7.75. The number of primary amides is 1. The average Bonchev–Trinajstić information content (AvgIpc) is 3.25. The van der Waals surface area contributed by atoms with Gasteiger partial charge >= 0.3 is 11.7 Å². The lowest BCUT2D eigenvalue weighted by atomic mass is 10.1. The van der Waals surface area contributed by atoms with Crippen LogP contribution in [0.4, 0.5) is 11.5 Å². The van der Waals surface area contributed by atoms with Gasteiger partial charge in [0.05, 0.1) is 5.69 Å². The number of hydrogen-bond donors (Lipinski definition) is 2. The number of esters is 1. The van der Waals surface area contributed by atoms with Gasteiger partial charge in [0.25, 0.3) is 5.56 Å². The molecule has 0 aliphatic carbocycles. The Morgan fingerprint density at radius 2 is 1.82 bits per heavy atom. The zero-order chi connectivity index (χ0) is 25.2. The summed E-state index contributed by atoms with van der Waals surface area (Å²) < 4.78 is 6.98. The van der Waals surface area contributed by atoms with Gasteiger partial charge in [-0.1, -0.05) is 32.0 Å². The van der Waals surface area contributed by atoms with E-state index in [1.165, 1.54) is 12.1 Å². The van der Waals surface area contributed by atoms with Crippen LogP contribution in [0.15, 0.2) is 45.0 Å². The van der Waals surface area contributed by atoms with E-state index < -0.39 is 47.1 Å². The first kappa shape index (κ1) is 24.4. The van der Waals surface area contributed by atoms with E-state index in [-0.39, 0.29) is 30.4 Å². The SMILES string of the molecule is CC(C)Cn1c(N)c(C(=O)COC(=O)C2=NN(c3ccccc3)C(C(N)=O)C2)c(=O)n(C)c1=O. The second-order valence-corrected chi connectivity index (χ2v) is 8.26. The summed E-state index contributed by atoms with van der Waals surface area (Å²) in [6.45, 7) is 3.09. The van der Waals surface area contributed by atoms with E-state index in [4.69, 9.17) is 16.2 Å². The minimum absolute atomic E-state index is 0.0180. The number of nitrogens with zero attached hydrogens (tertiary/aromatic N) is 4.